The van der Waals surface area contributed by atoms with E-state index in [2.05, 4.69) is 41.5 Å². The molecule has 0 heterocycles. The van der Waals surface area contributed by atoms with Crippen LogP contribution in [0, 0.1) is 56.7 Å². The first-order valence-electron chi connectivity index (χ1n) is 13.7. The lowest BCUT2D eigenvalue weighted by atomic mass is 9.31. The van der Waals surface area contributed by atoms with Crippen LogP contribution in [0.3, 0.4) is 0 Å². The van der Waals surface area contributed by atoms with Crippen LogP contribution >= 0.6 is 0 Å². The van der Waals surface area contributed by atoms with Crippen LogP contribution in [0.2, 0.25) is 0 Å². The average Bonchev–Trinajstić information content (AvgIpc) is 3.06. The zero-order valence-corrected chi connectivity index (χ0v) is 22.0. The van der Waals surface area contributed by atoms with Crippen molar-refractivity contribution in [3.05, 3.63) is 0 Å². The van der Waals surface area contributed by atoms with E-state index in [4.69, 9.17) is 0 Å². The minimum Gasteiger partial charge on any atom is -0.393 e. The Kier molecular flexibility index (Phi) is 5.19. The Hall–Kier alpha value is -0.450. The summed E-state index contributed by atoms with van der Waals surface area (Å²) in [5, 5.41) is 34.3. The van der Waals surface area contributed by atoms with E-state index in [1.807, 2.05) is 0 Å². The fourth-order valence-electron chi connectivity index (χ4n) is 11.4. The molecule has 0 aromatic rings. The van der Waals surface area contributed by atoms with E-state index in [1.54, 1.807) is 6.92 Å². The topological polar surface area (TPSA) is 77.8 Å². The molecule has 5 aliphatic carbocycles. The number of hydrogen-bond acceptors (Lipinski definition) is 4. The third-order valence-corrected chi connectivity index (χ3v) is 13.4. The molecule has 0 amide bonds. The van der Waals surface area contributed by atoms with Crippen LogP contribution in [-0.4, -0.2) is 39.4 Å². The normalized spacial score (nSPS) is 59.7. The second-order valence-electron chi connectivity index (χ2n) is 14.7. The van der Waals surface area contributed by atoms with Gasteiger partial charge in [0, 0.05) is 17.8 Å². The molecule has 4 heteroatoms. The number of hydrogen-bond donors (Lipinski definition) is 3. The van der Waals surface area contributed by atoms with E-state index in [0.717, 1.165) is 38.5 Å². The van der Waals surface area contributed by atoms with Crippen molar-refractivity contribution < 1.29 is 20.1 Å². The summed E-state index contributed by atoms with van der Waals surface area (Å²) in [6.45, 7) is 15.6. The highest BCUT2D eigenvalue weighted by molar-refractivity contribution is 5.79. The molecule has 0 spiro atoms. The Morgan fingerprint density at radius 1 is 0.788 bits per heavy atom. The summed E-state index contributed by atoms with van der Waals surface area (Å²) in [4.78, 5) is 12.7. The summed E-state index contributed by atoms with van der Waals surface area (Å²) < 4.78 is 0. The highest BCUT2D eigenvalue weighted by Crippen LogP contribution is 2.77. The van der Waals surface area contributed by atoms with Gasteiger partial charge in [-0.05, 0) is 97.2 Å². The third kappa shape index (κ3) is 2.78. The molecule has 188 valence electrons. The van der Waals surface area contributed by atoms with E-state index < -0.39 is 23.7 Å². The zero-order valence-electron chi connectivity index (χ0n) is 22.0. The average molecular weight is 461 g/mol. The second kappa shape index (κ2) is 7.07. The van der Waals surface area contributed by atoms with Gasteiger partial charge in [-0.2, -0.15) is 0 Å². The number of carbonyl (C=O) groups excluding carboxylic acids is 1. The molecular weight excluding hydrogens is 412 g/mol. The Labute approximate surface area is 200 Å². The molecule has 5 rings (SSSR count). The minimum atomic E-state index is -0.602. The first-order valence-corrected chi connectivity index (χ1v) is 13.7. The maximum absolute atomic E-state index is 12.7. The van der Waals surface area contributed by atoms with Gasteiger partial charge in [-0.25, -0.2) is 0 Å². The summed E-state index contributed by atoms with van der Waals surface area (Å²) in [6.07, 6.45) is 6.02. The van der Waals surface area contributed by atoms with Crippen molar-refractivity contribution >= 4 is 5.78 Å². The second-order valence-corrected chi connectivity index (χ2v) is 14.7. The number of fused-ring (bicyclic) bond motifs is 7. The molecule has 5 fully saturated rings. The molecular formula is C29H48O4. The number of aliphatic hydroxyl groups excluding tert-OH is 3. The lowest BCUT2D eigenvalue weighted by Crippen LogP contribution is -2.72. The lowest BCUT2D eigenvalue weighted by Gasteiger charge is -2.74. The third-order valence-electron chi connectivity index (χ3n) is 13.4. The van der Waals surface area contributed by atoms with Crippen LogP contribution in [0.15, 0.2) is 0 Å². The SMILES string of the molecule is CC(=O)C1CCC2(C)CCC3(C)C(CC(O)C4C5(C)C(O)CC(O)C(C)(C)C5CCC43C)C12. The van der Waals surface area contributed by atoms with Crippen molar-refractivity contribution in [2.45, 2.75) is 118 Å². The van der Waals surface area contributed by atoms with Crippen LogP contribution in [0.25, 0.3) is 0 Å². The minimum absolute atomic E-state index is 0.00770. The van der Waals surface area contributed by atoms with Gasteiger partial charge in [0.05, 0.1) is 18.3 Å². The van der Waals surface area contributed by atoms with E-state index in [1.165, 1.54) is 6.42 Å². The van der Waals surface area contributed by atoms with Crippen LogP contribution in [-0.2, 0) is 4.79 Å². The molecule has 0 aliphatic heterocycles. The monoisotopic (exact) mass is 460 g/mol. The van der Waals surface area contributed by atoms with Crippen molar-refractivity contribution in [1.82, 2.24) is 0 Å². The van der Waals surface area contributed by atoms with Gasteiger partial charge in [-0.3, -0.25) is 4.79 Å². The fourth-order valence-corrected chi connectivity index (χ4v) is 11.4. The largest absolute Gasteiger partial charge is 0.393 e. The lowest BCUT2D eigenvalue weighted by molar-refractivity contribution is -0.298. The molecule has 0 bridgehead atoms. The Bertz CT molecular complexity index is 837. The Balaban J connectivity index is 1.61. The molecule has 0 aromatic heterocycles. The van der Waals surface area contributed by atoms with E-state index in [9.17, 15) is 20.1 Å². The van der Waals surface area contributed by atoms with Gasteiger partial charge in [0.25, 0.3) is 0 Å². The molecule has 3 N–H and O–H groups in total. The first-order chi connectivity index (χ1) is 15.1. The predicted octanol–water partition coefficient (Wildman–Crippen LogP) is 4.98. The predicted molar refractivity (Wildman–Crippen MR) is 129 cm³/mol. The Morgan fingerprint density at radius 2 is 1.45 bits per heavy atom. The quantitative estimate of drug-likeness (QED) is 0.516. The maximum atomic E-state index is 12.7. The molecule has 5 saturated carbocycles. The molecule has 5 aliphatic rings. The molecule has 33 heavy (non-hydrogen) atoms. The van der Waals surface area contributed by atoms with Crippen LogP contribution < -0.4 is 0 Å². The molecule has 0 saturated heterocycles. The maximum Gasteiger partial charge on any atom is 0.133 e. The van der Waals surface area contributed by atoms with Gasteiger partial charge in [-0.15, -0.1) is 0 Å². The highest BCUT2D eigenvalue weighted by atomic mass is 16.3. The van der Waals surface area contributed by atoms with Gasteiger partial charge in [0.2, 0.25) is 0 Å². The Morgan fingerprint density at radius 3 is 2.09 bits per heavy atom. The van der Waals surface area contributed by atoms with Gasteiger partial charge >= 0.3 is 0 Å². The van der Waals surface area contributed by atoms with Crippen LogP contribution in [0.4, 0.5) is 0 Å². The summed E-state index contributed by atoms with van der Waals surface area (Å²) in [7, 11) is 0. The highest BCUT2D eigenvalue weighted by Gasteiger charge is 2.73. The van der Waals surface area contributed by atoms with E-state index in [0.29, 0.717) is 24.0 Å². The molecule has 0 radical (unpaired) electrons. The fraction of sp³-hybridized carbons (Fsp3) is 0.966. The molecule has 12 unspecified atom stereocenters. The van der Waals surface area contributed by atoms with Crippen molar-refractivity contribution in [2.75, 3.05) is 0 Å². The molecule has 0 aromatic carbocycles. The summed E-state index contributed by atoms with van der Waals surface area (Å²) in [5.74, 6) is 1.37. The standard InChI is InChI=1S/C29H48O4/c1-16(30)17-8-10-26(4)12-13-27(5)18(23(17)26)14-19(31)24-28(27,6)11-9-20-25(2,3)21(32)15-22(33)29(20,24)7/h17-24,31-33H,8-15H2,1-7H3. The number of ketones is 1. The first kappa shape index (κ1) is 24.3. The van der Waals surface area contributed by atoms with Gasteiger partial charge in [0.15, 0.2) is 0 Å². The number of aliphatic hydroxyl groups is 3. The number of carbonyl (C=O) groups is 1. The van der Waals surface area contributed by atoms with E-state index >= 15 is 0 Å². The molecule has 4 nitrogen and oxygen atoms in total. The van der Waals surface area contributed by atoms with Gasteiger partial charge in [0.1, 0.15) is 5.78 Å². The van der Waals surface area contributed by atoms with Crippen LogP contribution in [0.5, 0.6) is 0 Å². The number of Topliss-reactive ketones (excluding diaryl/α,β-unsaturated/α-hetero) is 1. The summed E-state index contributed by atoms with van der Waals surface area (Å²) in [6, 6.07) is 0. The van der Waals surface area contributed by atoms with Gasteiger partial charge < -0.3 is 15.3 Å². The van der Waals surface area contributed by atoms with Crippen molar-refractivity contribution in [2.24, 2.45) is 56.7 Å². The molecule has 12 atom stereocenters. The summed E-state index contributed by atoms with van der Waals surface area (Å²) in [5.41, 5.74) is -0.526. The van der Waals surface area contributed by atoms with Crippen molar-refractivity contribution in [3.63, 3.8) is 0 Å². The smallest absolute Gasteiger partial charge is 0.133 e. The van der Waals surface area contributed by atoms with Crippen molar-refractivity contribution in [1.29, 1.82) is 0 Å². The van der Waals surface area contributed by atoms with Crippen molar-refractivity contribution in [3.8, 4) is 0 Å². The zero-order chi connectivity index (χ0) is 24.4. The van der Waals surface area contributed by atoms with Crippen LogP contribution in [0.1, 0.15) is 99.8 Å². The van der Waals surface area contributed by atoms with Gasteiger partial charge in [-0.1, -0.05) is 41.5 Å². The number of rotatable bonds is 1. The van der Waals surface area contributed by atoms with E-state index in [-0.39, 0.29) is 39.4 Å². The summed E-state index contributed by atoms with van der Waals surface area (Å²) >= 11 is 0.